The molecule has 0 heterocycles. The molecule has 0 aromatic rings. The van der Waals surface area contributed by atoms with Gasteiger partial charge in [0.1, 0.15) is 0 Å². The predicted molar refractivity (Wildman–Crippen MR) is 63.7 cm³/mol. The van der Waals surface area contributed by atoms with Crippen LogP contribution in [-0.2, 0) is 0 Å². The lowest BCUT2D eigenvalue weighted by atomic mass is 10.3. The molecule has 0 saturated carbocycles. The van der Waals surface area contributed by atoms with E-state index in [0.29, 0.717) is 0 Å². The van der Waals surface area contributed by atoms with Crippen LogP contribution in [-0.4, -0.2) is 30.7 Å². The van der Waals surface area contributed by atoms with Crippen LogP contribution in [0.5, 0.6) is 0 Å². The first-order valence-corrected chi connectivity index (χ1v) is 4.31. The lowest BCUT2D eigenvalue weighted by molar-refractivity contribution is -0.914. The molecule has 0 saturated heterocycles. The van der Waals surface area contributed by atoms with Gasteiger partial charge in [0.15, 0.2) is 0 Å². The highest BCUT2D eigenvalue weighted by molar-refractivity contribution is 5.85. The molecule has 2 nitrogen and oxygen atoms in total. The molecule has 0 aliphatic heterocycles. The number of halogens is 1. The number of hydrogen-bond donors (Lipinski definition) is 1. The van der Waals surface area contributed by atoms with Crippen molar-refractivity contribution >= 4 is 12.4 Å². The third-order valence-corrected chi connectivity index (χ3v) is 2.37. The summed E-state index contributed by atoms with van der Waals surface area (Å²) in [5, 5.41) is 0. The van der Waals surface area contributed by atoms with Crippen molar-refractivity contribution in [2.45, 2.75) is 13.8 Å². The maximum absolute atomic E-state index is 3.77. The highest BCUT2D eigenvalue weighted by Gasteiger charge is 2.18. The molecule has 3 heteroatoms. The monoisotopic (exact) mass is 207 g/mol. The molecule has 0 aliphatic carbocycles. The topological polar surface area (TPSA) is 35.0 Å². The Bertz CT molecular complexity index is 119. The molecular formula is C10H24ClN2+. The Morgan fingerprint density at radius 1 is 1.00 bits per heavy atom. The van der Waals surface area contributed by atoms with E-state index in [9.17, 15) is 0 Å². The van der Waals surface area contributed by atoms with E-state index < -0.39 is 0 Å². The minimum Gasteiger partial charge on any atom is -0.344 e. The molecule has 0 unspecified atom stereocenters. The van der Waals surface area contributed by atoms with Crippen molar-refractivity contribution in [1.82, 2.24) is 6.15 Å². The molecular weight excluding hydrogens is 184 g/mol. The quantitative estimate of drug-likeness (QED) is 0.528. The summed E-state index contributed by atoms with van der Waals surface area (Å²) in [6, 6.07) is 0. The molecule has 0 fully saturated rings. The van der Waals surface area contributed by atoms with E-state index in [1.807, 2.05) is 12.2 Å². The Labute approximate surface area is 88.9 Å². The summed E-state index contributed by atoms with van der Waals surface area (Å²) in [7, 11) is 0. The van der Waals surface area contributed by atoms with Gasteiger partial charge in [-0.1, -0.05) is 13.2 Å². The third-order valence-electron chi connectivity index (χ3n) is 2.37. The zero-order valence-corrected chi connectivity index (χ0v) is 9.78. The summed E-state index contributed by atoms with van der Waals surface area (Å²) < 4.78 is 1.09. The molecule has 80 valence electrons. The van der Waals surface area contributed by atoms with Gasteiger partial charge in [-0.3, -0.25) is 0 Å². The number of hydrogen-bond acceptors (Lipinski definition) is 1. The van der Waals surface area contributed by atoms with Crippen molar-refractivity contribution in [1.29, 1.82) is 0 Å². The average molecular weight is 208 g/mol. The Hall–Kier alpha value is -0.310. The van der Waals surface area contributed by atoms with Crippen molar-refractivity contribution in [3.63, 3.8) is 0 Å². The number of rotatable bonds is 6. The second-order valence-corrected chi connectivity index (χ2v) is 2.92. The van der Waals surface area contributed by atoms with Gasteiger partial charge in [-0.2, -0.15) is 0 Å². The van der Waals surface area contributed by atoms with Crippen LogP contribution in [0.4, 0.5) is 0 Å². The summed E-state index contributed by atoms with van der Waals surface area (Å²) in [5.74, 6) is 0. The molecule has 0 aromatic carbocycles. The number of likely N-dealkylation sites (N-methyl/N-ethyl adjacent to an activating group) is 1. The first-order chi connectivity index (χ1) is 5.24. The fourth-order valence-corrected chi connectivity index (χ4v) is 1.36. The molecule has 0 bridgehead atoms. The van der Waals surface area contributed by atoms with Crippen molar-refractivity contribution in [3.05, 3.63) is 25.3 Å². The summed E-state index contributed by atoms with van der Waals surface area (Å²) >= 11 is 0. The standard InChI is InChI=1S/C10H20N.ClH.H3N/c1-5-9-11(7-3,8-4)10-6-2;;/h5-6H,1-2,7-10H2,3-4H3;1H;1H3/q+1;;. The van der Waals surface area contributed by atoms with E-state index in [0.717, 1.165) is 30.7 Å². The van der Waals surface area contributed by atoms with Crippen LogP contribution < -0.4 is 6.15 Å². The van der Waals surface area contributed by atoms with Crippen molar-refractivity contribution in [3.8, 4) is 0 Å². The normalized spacial score (nSPS) is 9.38. The van der Waals surface area contributed by atoms with Crippen LogP contribution in [0, 0.1) is 0 Å². The smallest absolute Gasteiger partial charge is 0.0973 e. The van der Waals surface area contributed by atoms with Gasteiger partial charge >= 0.3 is 0 Å². The van der Waals surface area contributed by atoms with Crippen LogP contribution in [0.2, 0.25) is 0 Å². The zero-order valence-electron chi connectivity index (χ0n) is 8.96. The molecule has 0 aliphatic rings. The second kappa shape index (κ2) is 9.78. The first kappa shape index (κ1) is 18.5. The summed E-state index contributed by atoms with van der Waals surface area (Å²) in [5.41, 5.74) is 0. The second-order valence-electron chi connectivity index (χ2n) is 2.92. The largest absolute Gasteiger partial charge is 0.344 e. The summed E-state index contributed by atoms with van der Waals surface area (Å²) in [6.45, 7) is 16.4. The highest BCUT2D eigenvalue weighted by Crippen LogP contribution is 2.05. The first-order valence-electron chi connectivity index (χ1n) is 4.31. The van der Waals surface area contributed by atoms with Crippen molar-refractivity contribution in [2.24, 2.45) is 0 Å². The minimum absolute atomic E-state index is 0. The summed E-state index contributed by atoms with van der Waals surface area (Å²) in [6.07, 6.45) is 3.99. The Morgan fingerprint density at radius 3 is 1.46 bits per heavy atom. The van der Waals surface area contributed by atoms with Crippen molar-refractivity contribution in [2.75, 3.05) is 26.2 Å². The predicted octanol–water partition coefficient (Wildman–Crippen LogP) is 2.80. The van der Waals surface area contributed by atoms with Gasteiger partial charge in [0.2, 0.25) is 0 Å². The van der Waals surface area contributed by atoms with Gasteiger partial charge in [-0.05, 0) is 26.0 Å². The van der Waals surface area contributed by atoms with E-state index in [2.05, 4.69) is 27.0 Å². The van der Waals surface area contributed by atoms with Crippen LogP contribution in [0.15, 0.2) is 25.3 Å². The fraction of sp³-hybridized carbons (Fsp3) is 0.600. The molecule has 0 rings (SSSR count). The summed E-state index contributed by atoms with van der Waals surface area (Å²) in [4.78, 5) is 0. The Balaban J connectivity index is -0.000000500. The highest BCUT2D eigenvalue weighted by atomic mass is 35.5. The number of quaternary nitrogens is 1. The Morgan fingerprint density at radius 2 is 1.31 bits per heavy atom. The van der Waals surface area contributed by atoms with Gasteiger partial charge in [-0.25, -0.2) is 0 Å². The third kappa shape index (κ3) is 5.86. The molecule has 13 heavy (non-hydrogen) atoms. The van der Waals surface area contributed by atoms with E-state index in [4.69, 9.17) is 0 Å². The van der Waals surface area contributed by atoms with Crippen LogP contribution >= 0.6 is 12.4 Å². The maximum atomic E-state index is 3.77. The lowest BCUT2D eigenvalue weighted by Crippen LogP contribution is -2.47. The average Bonchev–Trinajstić information content (AvgIpc) is 2.04. The van der Waals surface area contributed by atoms with E-state index >= 15 is 0 Å². The van der Waals surface area contributed by atoms with E-state index in [-0.39, 0.29) is 18.6 Å². The maximum Gasteiger partial charge on any atom is 0.0973 e. The molecule has 0 amide bonds. The van der Waals surface area contributed by atoms with Crippen LogP contribution in [0.1, 0.15) is 13.8 Å². The zero-order chi connectivity index (χ0) is 8.74. The van der Waals surface area contributed by atoms with Gasteiger partial charge in [0, 0.05) is 0 Å². The van der Waals surface area contributed by atoms with Gasteiger partial charge in [0.05, 0.1) is 26.2 Å². The Kier molecular flexibility index (Phi) is 13.9. The van der Waals surface area contributed by atoms with E-state index in [1.54, 1.807) is 0 Å². The molecule has 0 atom stereocenters. The minimum atomic E-state index is 0. The molecule has 0 aromatic heterocycles. The van der Waals surface area contributed by atoms with Gasteiger partial charge < -0.3 is 10.6 Å². The number of nitrogens with zero attached hydrogens (tertiary/aromatic N) is 1. The fourth-order valence-electron chi connectivity index (χ4n) is 1.36. The van der Waals surface area contributed by atoms with Crippen LogP contribution in [0.3, 0.4) is 0 Å². The molecule has 3 N–H and O–H groups in total. The van der Waals surface area contributed by atoms with Gasteiger partial charge in [0.25, 0.3) is 0 Å². The molecule has 0 radical (unpaired) electrons. The van der Waals surface area contributed by atoms with E-state index in [1.165, 1.54) is 0 Å². The molecule has 0 spiro atoms. The van der Waals surface area contributed by atoms with Crippen molar-refractivity contribution < 1.29 is 4.48 Å². The van der Waals surface area contributed by atoms with Crippen LogP contribution in [0.25, 0.3) is 0 Å². The SMILES string of the molecule is C=CC[N+](CC)(CC)CC=C.Cl.N. The van der Waals surface area contributed by atoms with Gasteiger partial charge in [-0.15, -0.1) is 12.4 Å². The lowest BCUT2D eigenvalue weighted by Gasteiger charge is -2.34.